The number of hydrogen-bond acceptors (Lipinski definition) is 4. The van der Waals surface area contributed by atoms with Gasteiger partial charge in [0, 0.05) is 37.1 Å². The van der Waals surface area contributed by atoms with Gasteiger partial charge in [-0.15, -0.1) is 0 Å². The average Bonchev–Trinajstić information content (AvgIpc) is 2.86. The Morgan fingerprint density at radius 2 is 2.15 bits per heavy atom. The fourth-order valence-corrected chi connectivity index (χ4v) is 3.48. The van der Waals surface area contributed by atoms with Crippen LogP contribution in [0, 0.1) is 0 Å². The predicted octanol–water partition coefficient (Wildman–Crippen LogP) is 1.89. The summed E-state index contributed by atoms with van der Waals surface area (Å²) in [6.45, 7) is 7.82. The van der Waals surface area contributed by atoms with Crippen molar-refractivity contribution in [2.24, 2.45) is 5.73 Å². The van der Waals surface area contributed by atoms with E-state index >= 15 is 0 Å². The van der Waals surface area contributed by atoms with Crippen LogP contribution in [0.4, 0.5) is 0 Å². The molecule has 1 fully saturated rings. The lowest BCUT2D eigenvalue weighted by Crippen LogP contribution is -2.44. The second-order valence-corrected chi connectivity index (χ2v) is 5.95. The molecule has 3 unspecified atom stereocenters. The Labute approximate surface area is 123 Å². The number of nitrogens with zero attached hydrogens (tertiary/aromatic N) is 3. The minimum absolute atomic E-state index is 0.110. The first kappa shape index (κ1) is 15.4. The molecule has 0 amide bonds. The Morgan fingerprint density at radius 3 is 2.75 bits per heavy atom. The number of likely N-dealkylation sites (N-methyl/N-ethyl adjacent to an activating group) is 2. The highest BCUT2D eigenvalue weighted by Crippen LogP contribution is 2.25. The van der Waals surface area contributed by atoms with E-state index in [-0.39, 0.29) is 12.1 Å². The van der Waals surface area contributed by atoms with Gasteiger partial charge in [-0.25, -0.2) is 0 Å². The number of likely N-dealkylation sites (tertiary alicyclic amines) is 1. The third-order valence-electron chi connectivity index (χ3n) is 4.42. The van der Waals surface area contributed by atoms with Crippen molar-refractivity contribution in [3.8, 4) is 0 Å². The second-order valence-electron chi connectivity index (χ2n) is 5.95. The summed E-state index contributed by atoms with van der Waals surface area (Å²) < 4.78 is 0. The van der Waals surface area contributed by atoms with E-state index in [4.69, 9.17) is 5.73 Å². The molecule has 3 atom stereocenters. The summed E-state index contributed by atoms with van der Waals surface area (Å²) in [4.78, 5) is 9.11. The van der Waals surface area contributed by atoms with E-state index in [9.17, 15) is 0 Å². The fraction of sp³-hybridized carbons (Fsp3) is 0.688. The van der Waals surface area contributed by atoms with Crippen LogP contribution < -0.4 is 5.73 Å². The van der Waals surface area contributed by atoms with Gasteiger partial charge in [-0.2, -0.15) is 0 Å². The molecule has 0 radical (unpaired) electrons. The maximum absolute atomic E-state index is 6.24. The summed E-state index contributed by atoms with van der Waals surface area (Å²) >= 11 is 0. The molecule has 2 rings (SSSR count). The summed E-state index contributed by atoms with van der Waals surface area (Å²) in [7, 11) is 2.20. The Balaban J connectivity index is 2.06. The molecular weight excluding hydrogens is 248 g/mol. The highest BCUT2D eigenvalue weighted by molar-refractivity contribution is 5.17. The molecule has 4 heteroatoms. The molecule has 1 aliphatic heterocycles. The van der Waals surface area contributed by atoms with E-state index in [0.29, 0.717) is 6.04 Å². The summed E-state index contributed by atoms with van der Waals surface area (Å²) in [6.07, 6.45) is 6.34. The zero-order chi connectivity index (χ0) is 14.5. The van der Waals surface area contributed by atoms with Gasteiger partial charge in [0.05, 0.1) is 0 Å². The van der Waals surface area contributed by atoms with Gasteiger partial charge in [0.25, 0.3) is 0 Å². The molecule has 0 spiro atoms. The number of hydrogen-bond donors (Lipinski definition) is 1. The SMILES string of the molecule is CCN1CCCC1CN(C)C(c1ccncc1)C(C)N. The molecule has 1 aromatic heterocycles. The standard InChI is InChI=1S/C16H28N4/c1-4-20-11-5-6-15(20)12-19(3)16(13(2)17)14-7-9-18-10-8-14/h7-10,13,15-16H,4-6,11-12,17H2,1-3H3. The monoisotopic (exact) mass is 276 g/mol. The van der Waals surface area contributed by atoms with E-state index in [1.54, 1.807) is 0 Å². The molecule has 2 heterocycles. The number of rotatable bonds is 6. The lowest BCUT2D eigenvalue weighted by molar-refractivity contribution is 0.151. The summed E-state index contributed by atoms with van der Waals surface area (Å²) in [5.74, 6) is 0. The molecule has 1 aliphatic rings. The Morgan fingerprint density at radius 1 is 1.45 bits per heavy atom. The normalized spacial score (nSPS) is 23.1. The van der Waals surface area contributed by atoms with Crippen molar-refractivity contribution in [1.29, 1.82) is 0 Å². The average molecular weight is 276 g/mol. The summed E-state index contributed by atoms with van der Waals surface area (Å²) in [5, 5.41) is 0. The van der Waals surface area contributed by atoms with E-state index in [1.807, 2.05) is 12.4 Å². The molecule has 1 saturated heterocycles. The van der Waals surface area contributed by atoms with Crippen LogP contribution in [0.25, 0.3) is 0 Å². The molecule has 0 aliphatic carbocycles. The summed E-state index contributed by atoms with van der Waals surface area (Å²) in [6, 6.07) is 5.21. The Kier molecular flexibility index (Phi) is 5.52. The number of nitrogens with two attached hydrogens (primary N) is 1. The zero-order valence-electron chi connectivity index (χ0n) is 13.0. The molecule has 4 nitrogen and oxygen atoms in total. The van der Waals surface area contributed by atoms with Crippen molar-refractivity contribution < 1.29 is 0 Å². The molecular formula is C16H28N4. The van der Waals surface area contributed by atoms with E-state index in [2.05, 4.69) is 47.8 Å². The highest BCUT2D eigenvalue weighted by Gasteiger charge is 2.28. The van der Waals surface area contributed by atoms with Crippen molar-refractivity contribution in [1.82, 2.24) is 14.8 Å². The van der Waals surface area contributed by atoms with Gasteiger partial charge in [-0.1, -0.05) is 6.92 Å². The van der Waals surface area contributed by atoms with E-state index in [1.165, 1.54) is 24.9 Å². The zero-order valence-corrected chi connectivity index (χ0v) is 13.0. The Bertz CT molecular complexity index is 393. The van der Waals surface area contributed by atoms with Crippen LogP contribution in [0.2, 0.25) is 0 Å². The van der Waals surface area contributed by atoms with Crippen molar-refractivity contribution in [2.75, 3.05) is 26.7 Å². The molecule has 2 N–H and O–H groups in total. The molecule has 112 valence electrons. The highest BCUT2D eigenvalue weighted by atomic mass is 15.2. The van der Waals surface area contributed by atoms with Gasteiger partial charge < -0.3 is 5.73 Å². The first-order valence-electron chi connectivity index (χ1n) is 7.73. The van der Waals surface area contributed by atoms with Crippen LogP contribution >= 0.6 is 0 Å². The molecule has 0 saturated carbocycles. The minimum Gasteiger partial charge on any atom is -0.326 e. The molecule has 0 bridgehead atoms. The maximum atomic E-state index is 6.24. The lowest BCUT2D eigenvalue weighted by Gasteiger charge is -2.35. The lowest BCUT2D eigenvalue weighted by atomic mass is 10.00. The topological polar surface area (TPSA) is 45.4 Å². The van der Waals surface area contributed by atoms with E-state index < -0.39 is 0 Å². The quantitative estimate of drug-likeness (QED) is 0.862. The smallest absolute Gasteiger partial charge is 0.0495 e. The maximum Gasteiger partial charge on any atom is 0.0495 e. The van der Waals surface area contributed by atoms with Crippen molar-refractivity contribution >= 4 is 0 Å². The molecule has 1 aromatic rings. The van der Waals surface area contributed by atoms with Crippen molar-refractivity contribution in [3.63, 3.8) is 0 Å². The molecule has 0 aromatic carbocycles. The van der Waals surface area contributed by atoms with Gasteiger partial charge in [-0.05, 0) is 57.6 Å². The first-order chi connectivity index (χ1) is 9.63. The van der Waals surface area contributed by atoms with Crippen LogP contribution in [0.15, 0.2) is 24.5 Å². The van der Waals surface area contributed by atoms with Crippen molar-refractivity contribution in [2.45, 2.75) is 44.8 Å². The van der Waals surface area contributed by atoms with Crippen LogP contribution in [0.3, 0.4) is 0 Å². The third-order valence-corrected chi connectivity index (χ3v) is 4.42. The van der Waals surface area contributed by atoms with Crippen molar-refractivity contribution in [3.05, 3.63) is 30.1 Å². The van der Waals surface area contributed by atoms with Gasteiger partial charge in [0.1, 0.15) is 0 Å². The number of pyridine rings is 1. The summed E-state index contributed by atoms with van der Waals surface area (Å²) in [5.41, 5.74) is 7.50. The van der Waals surface area contributed by atoms with Gasteiger partial charge in [0.2, 0.25) is 0 Å². The van der Waals surface area contributed by atoms with E-state index in [0.717, 1.165) is 13.1 Å². The molecule has 20 heavy (non-hydrogen) atoms. The van der Waals surface area contributed by atoms with Crippen LogP contribution in [-0.2, 0) is 0 Å². The fourth-order valence-electron chi connectivity index (χ4n) is 3.48. The largest absolute Gasteiger partial charge is 0.326 e. The van der Waals surface area contributed by atoms with Gasteiger partial charge in [0.15, 0.2) is 0 Å². The van der Waals surface area contributed by atoms with Gasteiger partial charge >= 0.3 is 0 Å². The Hall–Kier alpha value is -0.970. The first-order valence-corrected chi connectivity index (χ1v) is 7.73. The minimum atomic E-state index is 0.110. The van der Waals surface area contributed by atoms with Crippen LogP contribution in [-0.4, -0.2) is 53.5 Å². The van der Waals surface area contributed by atoms with Crippen LogP contribution in [0.1, 0.15) is 38.3 Å². The number of aromatic nitrogens is 1. The predicted molar refractivity (Wildman–Crippen MR) is 83.5 cm³/mol. The van der Waals surface area contributed by atoms with Crippen LogP contribution in [0.5, 0.6) is 0 Å². The second kappa shape index (κ2) is 7.16. The van der Waals surface area contributed by atoms with Gasteiger partial charge in [-0.3, -0.25) is 14.8 Å². The third kappa shape index (κ3) is 3.57.